The van der Waals surface area contributed by atoms with Gasteiger partial charge in [0.2, 0.25) is 0 Å². The van der Waals surface area contributed by atoms with Gasteiger partial charge in [-0.3, -0.25) is 14.3 Å². The second kappa shape index (κ2) is 3.87. The molecular weight excluding hydrogens is 230 g/mol. The topological polar surface area (TPSA) is 58.1 Å². The molecular formula is C13H13N3O2. The van der Waals surface area contributed by atoms with E-state index >= 15 is 0 Å². The second-order valence-corrected chi connectivity index (χ2v) is 4.46. The summed E-state index contributed by atoms with van der Waals surface area (Å²) in [6.45, 7) is 0.999. The fourth-order valence-corrected chi connectivity index (χ4v) is 2.30. The number of nitrogens with one attached hydrogen (secondary N) is 1. The van der Waals surface area contributed by atoms with Crippen LogP contribution in [0.15, 0.2) is 40.1 Å². The highest BCUT2D eigenvalue weighted by atomic mass is 16.2. The van der Waals surface area contributed by atoms with Crippen molar-refractivity contribution >= 4 is 5.69 Å². The molecule has 0 radical (unpaired) electrons. The minimum absolute atomic E-state index is 0.380. The first-order valence-electron chi connectivity index (χ1n) is 5.81. The molecule has 0 atom stereocenters. The third kappa shape index (κ3) is 1.64. The number of fused-ring (bicyclic) bond motifs is 1. The van der Waals surface area contributed by atoms with Crippen LogP contribution in [0.1, 0.15) is 5.56 Å². The Labute approximate surface area is 103 Å². The minimum atomic E-state index is -0.414. The van der Waals surface area contributed by atoms with Crippen molar-refractivity contribution in [1.82, 2.24) is 9.55 Å². The molecule has 1 N–H and O–H groups in total. The third-order valence-electron chi connectivity index (χ3n) is 3.30. The predicted octanol–water partition coefficient (Wildman–Crippen LogP) is 0.518. The number of rotatable bonds is 1. The first-order valence-corrected chi connectivity index (χ1v) is 5.81. The summed E-state index contributed by atoms with van der Waals surface area (Å²) in [6, 6.07) is 7.25. The van der Waals surface area contributed by atoms with Crippen molar-refractivity contribution in [3.8, 4) is 5.69 Å². The Balaban J connectivity index is 2.16. The van der Waals surface area contributed by atoms with Gasteiger partial charge in [-0.05, 0) is 24.1 Å². The lowest BCUT2D eigenvalue weighted by atomic mass is 10.1. The molecule has 1 aliphatic heterocycles. The summed E-state index contributed by atoms with van der Waals surface area (Å²) in [5.74, 6) is 0. The maximum absolute atomic E-state index is 11.7. The van der Waals surface area contributed by atoms with Crippen molar-refractivity contribution in [1.29, 1.82) is 0 Å². The Morgan fingerprint density at radius 1 is 1.22 bits per heavy atom. The molecule has 0 unspecified atom stereocenters. The average Bonchev–Trinajstić information content (AvgIpc) is 2.71. The lowest BCUT2D eigenvalue weighted by Crippen LogP contribution is -2.27. The number of hydrogen-bond acceptors (Lipinski definition) is 3. The quantitative estimate of drug-likeness (QED) is 0.794. The smallest absolute Gasteiger partial charge is 0.332 e. The molecule has 1 aromatic carbocycles. The van der Waals surface area contributed by atoms with Gasteiger partial charge in [0.05, 0.1) is 5.69 Å². The fourth-order valence-electron chi connectivity index (χ4n) is 2.30. The Bertz CT molecular complexity index is 715. The molecule has 0 bridgehead atoms. The fraction of sp³-hybridized carbons (Fsp3) is 0.231. The molecule has 0 fully saturated rings. The van der Waals surface area contributed by atoms with Crippen molar-refractivity contribution < 1.29 is 0 Å². The summed E-state index contributed by atoms with van der Waals surface area (Å²) in [4.78, 5) is 27.2. The highest BCUT2D eigenvalue weighted by molar-refractivity contribution is 5.61. The molecule has 0 spiro atoms. The maximum Gasteiger partial charge on any atom is 0.332 e. The number of anilines is 1. The van der Waals surface area contributed by atoms with Crippen LogP contribution in [0.25, 0.3) is 5.69 Å². The van der Waals surface area contributed by atoms with Crippen LogP contribution >= 0.6 is 0 Å². The summed E-state index contributed by atoms with van der Waals surface area (Å²) < 4.78 is 1.44. The van der Waals surface area contributed by atoms with Crippen LogP contribution in [0.3, 0.4) is 0 Å². The first kappa shape index (κ1) is 10.8. The predicted molar refractivity (Wildman–Crippen MR) is 69.6 cm³/mol. The van der Waals surface area contributed by atoms with E-state index in [1.165, 1.54) is 22.4 Å². The molecule has 0 amide bonds. The van der Waals surface area contributed by atoms with Gasteiger partial charge in [0.15, 0.2) is 0 Å². The molecule has 18 heavy (non-hydrogen) atoms. The van der Waals surface area contributed by atoms with Crippen LogP contribution in [0.4, 0.5) is 5.69 Å². The van der Waals surface area contributed by atoms with Gasteiger partial charge < -0.3 is 4.90 Å². The van der Waals surface area contributed by atoms with Crippen LogP contribution < -0.4 is 16.1 Å². The molecule has 0 saturated carbocycles. The molecule has 2 heterocycles. The van der Waals surface area contributed by atoms with E-state index in [1.54, 1.807) is 0 Å². The van der Waals surface area contributed by atoms with Crippen molar-refractivity contribution in [2.45, 2.75) is 6.42 Å². The Kier molecular flexibility index (Phi) is 2.33. The number of hydrogen-bond donors (Lipinski definition) is 1. The van der Waals surface area contributed by atoms with Gasteiger partial charge in [0, 0.05) is 31.5 Å². The lowest BCUT2D eigenvalue weighted by molar-refractivity contribution is 0.895. The first-order chi connectivity index (χ1) is 8.65. The van der Waals surface area contributed by atoms with E-state index in [4.69, 9.17) is 0 Å². The Hall–Kier alpha value is -2.30. The largest absolute Gasteiger partial charge is 0.374 e. The second-order valence-electron chi connectivity index (χ2n) is 4.46. The molecule has 2 aromatic rings. The summed E-state index contributed by atoms with van der Waals surface area (Å²) in [6.07, 6.45) is 2.53. The lowest BCUT2D eigenvalue weighted by Gasteiger charge is -2.13. The van der Waals surface area contributed by atoms with Crippen LogP contribution in [-0.4, -0.2) is 23.1 Å². The van der Waals surface area contributed by atoms with Gasteiger partial charge in [0.1, 0.15) is 0 Å². The third-order valence-corrected chi connectivity index (χ3v) is 3.30. The molecule has 1 aliphatic rings. The number of nitrogens with zero attached hydrogens (tertiary/aromatic N) is 2. The molecule has 92 valence electrons. The Morgan fingerprint density at radius 2 is 2.06 bits per heavy atom. The average molecular weight is 243 g/mol. The van der Waals surface area contributed by atoms with Gasteiger partial charge in [0.25, 0.3) is 5.56 Å². The maximum atomic E-state index is 11.7. The van der Waals surface area contributed by atoms with Crippen LogP contribution in [0.2, 0.25) is 0 Å². The molecule has 5 heteroatoms. The number of aromatic amines is 1. The molecule has 0 saturated heterocycles. The number of aromatic nitrogens is 2. The van der Waals surface area contributed by atoms with E-state index in [0.717, 1.165) is 24.3 Å². The molecule has 1 aromatic heterocycles. The highest BCUT2D eigenvalue weighted by Gasteiger charge is 2.16. The zero-order valence-corrected chi connectivity index (χ0v) is 10.0. The zero-order valence-electron chi connectivity index (χ0n) is 10.0. The highest BCUT2D eigenvalue weighted by Crippen LogP contribution is 2.28. The molecule has 3 rings (SSSR count). The Morgan fingerprint density at radius 3 is 2.83 bits per heavy atom. The number of benzene rings is 1. The van der Waals surface area contributed by atoms with E-state index in [-0.39, 0.29) is 5.56 Å². The van der Waals surface area contributed by atoms with E-state index in [9.17, 15) is 9.59 Å². The van der Waals surface area contributed by atoms with Crippen molar-refractivity contribution in [2.24, 2.45) is 0 Å². The molecule has 0 aliphatic carbocycles. The molecule has 5 nitrogen and oxygen atoms in total. The van der Waals surface area contributed by atoms with Crippen LogP contribution in [0, 0.1) is 0 Å². The normalized spacial score (nSPS) is 13.7. The van der Waals surface area contributed by atoms with E-state index in [1.807, 2.05) is 25.2 Å². The summed E-state index contributed by atoms with van der Waals surface area (Å²) in [7, 11) is 2.03. The van der Waals surface area contributed by atoms with E-state index in [2.05, 4.69) is 9.88 Å². The SMILES string of the molecule is CN1CCc2ccc(-n3ccc(=O)[nH]c3=O)cc21. The van der Waals surface area contributed by atoms with Crippen molar-refractivity contribution in [3.63, 3.8) is 0 Å². The summed E-state index contributed by atoms with van der Waals surface area (Å²) in [5.41, 5.74) is 2.41. The van der Waals surface area contributed by atoms with Gasteiger partial charge >= 0.3 is 5.69 Å². The number of likely N-dealkylation sites (N-methyl/N-ethyl adjacent to an activating group) is 1. The number of H-pyrrole nitrogens is 1. The zero-order chi connectivity index (χ0) is 12.7. The summed E-state index contributed by atoms with van der Waals surface area (Å²) in [5, 5.41) is 0. The van der Waals surface area contributed by atoms with Gasteiger partial charge in [-0.1, -0.05) is 6.07 Å². The van der Waals surface area contributed by atoms with Gasteiger partial charge in [-0.15, -0.1) is 0 Å². The van der Waals surface area contributed by atoms with Crippen molar-refractivity contribution in [2.75, 3.05) is 18.5 Å². The van der Waals surface area contributed by atoms with Crippen LogP contribution in [-0.2, 0) is 6.42 Å². The van der Waals surface area contributed by atoms with Crippen LogP contribution in [0.5, 0.6) is 0 Å². The standard InChI is InChI=1S/C13H13N3O2/c1-15-6-4-9-2-3-10(8-11(9)15)16-7-5-12(17)14-13(16)18/h2-3,5,7-8H,4,6H2,1H3,(H,14,17,18). The van der Waals surface area contributed by atoms with Gasteiger partial charge in [-0.2, -0.15) is 0 Å². The van der Waals surface area contributed by atoms with Gasteiger partial charge in [-0.25, -0.2) is 4.79 Å². The van der Waals surface area contributed by atoms with E-state index in [0.29, 0.717) is 0 Å². The van der Waals surface area contributed by atoms with E-state index < -0.39 is 5.69 Å². The minimum Gasteiger partial charge on any atom is -0.374 e. The monoisotopic (exact) mass is 243 g/mol. The van der Waals surface area contributed by atoms with Crippen molar-refractivity contribution in [3.05, 3.63) is 56.9 Å². The summed E-state index contributed by atoms with van der Waals surface area (Å²) >= 11 is 0.